The number of Topliss-reactive ketones (excluding diaryl/α,β-unsaturated/α-hetero) is 1. The Kier molecular flexibility index (Phi) is 3.82. The normalized spacial score (nSPS) is 16.3. The van der Waals surface area contributed by atoms with Crippen molar-refractivity contribution in [3.05, 3.63) is 82.0 Å². The molecule has 1 aromatic heterocycles. The summed E-state index contributed by atoms with van der Waals surface area (Å²) in [5.41, 5.74) is 2.84. The molecule has 0 aliphatic carbocycles. The van der Waals surface area contributed by atoms with E-state index in [4.69, 9.17) is 11.6 Å². The van der Waals surface area contributed by atoms with Crippen molar-refractivity contribution in [3.8, 4) is 0 Å². The number of ketones is 1. The van der Waals surface area contributed by atoms with Crippen LogP contribution >= 0.6 is 11.6 Å². The van der Waals surface area contributed by atoms with Crippen molar-refractivity contribution in [2.24, 2.45) is 0 Å². The zero-order valence-electron chi connectivity index (χ0n) is 13.3. The summed E-state index contributed by atoms with van der Waals surface area (Å²) in [6.45, 7) is 1.86. The van der Waals surface area contributed by atoms with Gasteiger partial charge in [0, 0.05) is 21.9 Å². The molecule has 124 valence electrons. The maximum atomic E-state index is 13.2. The van der Waals surface area contributed by atoms with Crippen molar-refractivity contribution < 1.29 is 4.79 Å². The number of fused-ring (bicyclic) bond motifs is 1. The molecule has 0 saturated carbocycles. The summed E-state index contributed by atoms with van der Waals surface area (Å²) in [6, 6.07) is 16.1. The molecule has 7 heteroatoms. The smallest absolute Gasteiger partial charge is 0.248 e. The van der Waals surface area contributed by atoms with Crippen molar-refractivity contribution in [2.75, 3.05) is 5.32 Å². The third kappa shape index (κ3) is 2.70. The first-order valence-electron chi connectivity index (χ1n) is 7.76. The van der Waals surface area contributed by atoms with Crippen LogP contribution in [0, 0.1) is 0 Å². The quantitative estimate of drug-likeness (QED) is 0.731. The van der Waals surface area contributed by atoms with Crippen LogP contribution in [0.25, 0.3) is 0 Å². The lowest BCUT2D eigenvalue weighted by Gasteiger charge is -2.28. The maximum Gasteiger partial charge on any atom is 0.248 e. The lowest BCUT2D eigenvalue weighted by molar-refractivity contribution is 0.102. The summed E-state index contributed by atoms with van der Waals surface area (Å²) in [5.74, 6) is 0.439. The average molecular weight is 352 g/mol. The Labute approximate surface area is 149 Å². The molecule has 1 atom stereocenters. The highest BCUT2D eigenvalue weighted by Crippen LogP contribution is 2.36. The SMILES string of the molecule is CC1=C(C(=O)c2ccccc2)C(c2ccc(Cl)cc2)n2nnnc2N1. The molecule has 4 rings (SSSR count). The number of halogens is 1. The Morgan fingerprint density at radius 3 is 2.56 bits per heavy atom. The van der Waals surface area contributed by atoms with Gasteiger partial charge in [-0.25, -0.2) is 0 Å². The van der Waals surface area contributed by atoms with Gasteiger partial charge in [-0.1, -0.05) is 59.2 Å². The minimum absolute atomic E-state index is 0.0632. The van der Waals surface area contributed by atoms with Crippen LogP contribution in [0.15, 0.2) is 65.9 Å². The highest BCUT2D eigenvalue weighted by Gasteiger charge is 2.34. The summed E-state index contributed by atoms with van der Waals surface area (Å²) >= 11 is 6.01. The summed E-state index contributed by atoms with van der Waals surface area (Å²) in [7, 11) is 0. The number of hydrogen-bond acceptors (Lipinski definition) is 5. The van der Waals surface area contributed by atoms with Crippen LogP contribution in [0.1, 0.15) is 28.9 Å². The van der Waals surface area contributed by atoms with Gasteiger partial charge in [-0.05, 0) is 35.0 Å². The third-order valence-electron chi connectivity index (χ3n) is 4.18. The fourth-order valence-corrected chi connectivity index (χ4v) is 3.13. The number of benzene rings is 2. The van der Waals surface area contributed by atoms with Gasteiger partial charge in [-0.15, -0.1) is 0 Å². The van der Waals surface area contributed by atoms with Gasteiger partial charge in [0.2, 0.25) is 5.95 Å². The van der Waals surface area contributed by atoms with E-state index < -0.39 is 6.04 Å². The maximum absolute atomic E-state index is 13.2. The van der Waals surface area contributed by atoms with Crippen LogP contribution in [0.4, 0.5) is 5.95 Å². The van der Waals surface area contributed by atoms with E-state index >= 15 is 0 Å². The minimum atomic E-state index is -0.420. The van der Waals surface area contributed by atoms with E-state index in [2.05, 4.69) is 20.8 Å². The van der Waals surface area contributed by atoms with Crippen molar-refractivity contribution >= 4 is 23.3 Å². The summed E-state index contributed by atoms with van der Waals surface area (Å²) < 4.78 is 1.62. The molecule has 1 aliphatic heterocycles. The molecule has 0 amide bonds. The number of anilines is 1. The van der Waals surface area contributed by atoms with Crippen LogP contribution in [-0.2, 0) is 0 Å². The van der Waals surface area contributed by atoms with Gasteiger partial charge in [0.15, 0.2) is 5.78 Å². The molecule has 1 N–H and O–H groups in total. The minimum Gasteiger partial charge on any atom is -0.326 e. The van der Waals surface area contributed by atoms with Crippen LogP contribution in [0.3, 0.4) is 0 Å². The number of carbonyl (C=O) groups is 1. The summed E-state index contributed by atoms with van der Waals surface area (Å²) in [5, 5.41) is 15.5. The topological polar surface area (TPSA) is 72.7 Å². The molecule has 25 heavy (non-hydrogen) atoms. The molecule has 1 unspecified atom stereocenters. The monoisotopic (exact) mass is 351 g/mol. The zero-order valence-corrected chi connectivity index (χ0v) is 14.1. The molecule has 0 bridgehead atoms. The molecule has 6 nitrogen and oxygen atoms in total. The van der Waals surface area contributed by atoms with E-state index in [0.717, 1.165) is 11.3 Å². The Hall–Kier alpha value is -2.99. The first-order valence-corrected chi connectivity index (χ1v) is 8.14. The number of nitrogens with one attached hydrogen (secondary N) is 1. The second kappa shape index (κ2) is 6.14. The summed E-state index contributed by atoms with van der Waals surface area (Å²) in [4.78, 5) is 13.2. The molecular formula is C18H14ClN5O. The molecule has 0 fully saturated rings. The largest absolute Gasteiger partial charge is 0.326 e. The molecule has 0 spiro atoms. The predicted octanol–water partition coefficient (Wildman–Crippen LogP) is 3.50. The first-order chi connectivity index (χ1) is 12.1. The van der Waals surface area contributed by atoms with Crippen molar-refractivity contribution in [3.63, 3.8) is 0 Å². The van der Waals surface area contributed by atoms with Crippen LogP contribution in [0.5, 0.6) is 0 Å². The lowest BCUT2D eigenvalue weighted by Crippen LogP contribution is -2.28. The van der Waals surface area contributed by atoms with E-state index in [0.29, 0.717) is 22.1 Å². The highest BCUT2D eigenvalue weighted by molar-refractivity contribution is 6.30. The molecule has 3 aromatic rings. The van der Waals surface area contributed by atoms with Crippen molar-refractivity contribution in [1.29, 1.82) is 0 Å². The Bertz CT molecular complexity index is 963. The van der Waals surface area contributed by atoms with Gasteiger partial charge in [0.25, 0.3) is 0 Å². The number of carbonyl (C=O) groups excluding carboxylic acids is 1. The highest BCUT2D eigenvalue weighted by atomic mass is 35.5. The Morgan fingerprint density at radius 1 is 1.12 bits per heavy atom. The van der Waals surface area contributed by atoms with E-state index in [1.165, 1.54) is 0 Å². The summed E-state index contributed by atoms with van der Waals surface area (Å²) in [6.07, 6.45) is 0. The van der Waals surface area contributed by atoms with Gasteiger partial charge < -0.3 is 5.32 Å². The van der Waals surface area contributed by atoms with Crippen molar-refractivity contribution in [2.45, 2.75) is 13.0 Å². The van der Waals surface area contributed by atoms with Crippen LogP contribution in [-0.4, -0.2) is 26.0 Å². The number of tetrazole rings is 1. The standard InChI is InChI=1S/C18H14ClN5O/c1-11-15(17(25)13-5-3-2-4-6-13)16(12-7-9-14(19)10-8-12)24-18(20-11)21-22-23-24/h2-10,16H,1H3,(H,20,21,23). The van der Waals surface area contributed by atoms with Gasteiger partial charge in [-0.2, -0.15) is 4.68 Å². The second-order valence-corrected chi connectivity index (χ2v) is 6.20. The zero-order chi connectivity index (χ0) is 17.4. The van der Waals surface area contributed by atoms with Crippen molar-refractivity contribution in [1.82, 2.24) is 20.2 Å². The van der Waals surface area contributed by atoms with Gasteiger partial charge in [0.1, 0.15) is 6.04 Å². The average Bonchev–Trinajstić information content (AvgIpc) is 3.09. The fourth-order valence-electron chi connectivity index (χ4n) is 3.00. The number of aromatic nitrogens is 4. The van der Waals surface area contributed by atoms with E-state index in [1.807, 2.05) is 37.3 Å². The Morgan fingerprint density at radius 2 is 1.84 bits per heavy atom. The van der Waals surface area contributed by atoms with Gasteiger partial charge in [-0.3, -0.25) is 4.79 Å². The lowest BCUT2D eigenvalue weighted by atomic mass is 9.90. The first kappa shape index (κ1) is 15.5. The molecule has 1 aliphatic rings. The van der Waals surface area contributed by atoms with E-state index in [9.17, 15) is 4.79 Å². The van der Waals surface area contributed by atoms with E-state index in [-0.39, 0.29) is 5.78 Å². The van der Waals surface area contributed by atoms with Gasteiger partial charge in [0.05, 0.1) is 0 Å². The fraction of sp³-hybridized carbons (Fsp3) is 0.111. The second-order valence-electron chi connectivity index (χ2n) is 5.76. The van der Waals surface area contributed by atoms with E-state index in [1.54, 1.807) is 28.9 Å². The van der Waals surface area contributed by atoms with Gasteiger partial charge >= 0.3 is 0 Å². The molecule has 0 radical (unpaired) electrons. The Balaban J connectivity index is 1.87. The molecular weight excluding hydrogens is 338 g/mol. The number of rotatable bonds is 3. The third-order valence-corrected chi connectivity index (χ3v) is 4.43. The number of allylic oxidation sites excluding steroid dienone is 2. The van der Waals surface area contributed by atoms with Crippen LogP contribution in [0.2, 0.25) is 5.02 Å². The van der Waals surface area contributed by atoms with Crippen LogP contribution < -0.4 is 5.32 Å². The predicted molar refractivity (Wildman–Crippen MR) is 94.5 cm³/mol. The molecule has 2 aromatic carbocycles. The molecule has 2 heterocycles. The molecule has 0 saturated heterocycles. The number of hydrogen-bond donors (Lipinski definition) is 1. The number of nitrogens with zero attached hydrogens (tertiary/aromatic N) is 4.